The zero-order valence-corrected chi connectivity index (χ0v) is 17.0. The largest absolute Gasteiger partial charge is 0.352 e. The van der Waals surface area contributed by atoms with E-state index in [9.17, 15) is 28.4 Å². The molecule has 0 bridgehead atoms. The smallest absolute Gasteiger partial charge is 0.262 e. The molecule has 32 heavy (non-hydrogen) atoms. The van der Waals surface area contributed by atoms with Crippen molar-refractivity contribution in [1.82, 2.24) is 15.5 Å². The van der Waals surface area contributed by atoms with Crippen molar-refractivity contribution in [2.24, 2.45) is 0 Å². The van der Waals surface area contributed by atoms with Crippen LogP contribution in [0, 0.1) is 5.82 Å². The summed E-state index contributed by atoms with van der Waals surface area (Å²) < 4.78 is 13.3. The fraction of sp³-hybridized carbons (Fsp3) is 0.261. The average molecular weight is 437 g/mol. The molecule has 164 valence electrons. The van der Waals surface area contributed by atoms with E-state index in [1.807, 2.05) is 0 Å². The summed E-state index contributed by atoms with van der Waals surface area (Å²) in [6, 6.07) is 9.28. The minimum atomic E-state index is -1.02. The van der Waals surface area contributed by atoms with Crippen LogP contribution in [0.15, 0.2) is 42.5 Å². The maximum atomic E-state index is 13.3. The standard InChI is InChI=1S/C23H20FN3O5/c24-15-7-1-5-14(12-15)20(29)25-11-3-6-13-4-2-8-16-19(13)23(32)27(22(16)31)17-9-10-18(28)26-21(17)30/h1-2,4-5,7-8,12,17H,3,6,9-11H2,(H,25,29)(H,26,28,30). The number of hydrogen-bond donors (Lipinski definition) is 2. The third-order valence-electron chi connectivity index (χ3n) is 5.55. The molecule has 0 saturated carbocycles. The Balaban J connectivity index is 1.42. The number of rotatable bonds is 6. The molecular formula is C23H20FN3O5. The van der Waals surface area contributed by atoms with Crippen molar-refractivity contribution >= 4 is 29.5 Å². The molecule has 0 aromatic heterocycles. The molecule has 2 aromatic rings. The topological polar surface area (TPSA) is 113 Å². The van der Waals surface area contributed by atoms with Gasteiger partial charge < -0.3 is 5.32 Å². The highest BCUT2D eigenvalue weighted by Gasteiger charge is 2.45. The number of carbonyl (C=O) groups excluding carboxylic acids is 5. The lowest BCUT2D eigenvalue weighted by molar-refractivity contribution is -0.136. The number of aryl methyl sites for hydroxylation is 1. The predicted octanol–water partition coefficient (Wildman–Crippen LogP) is 1.59. The van der Waals surface area contributed by atoms with Crippen molar-refractivity contribution in [3.63, 3.8) is 0 Å². The van der Waals surface area contributed by atoms with Gasteiger partial charge in [0.1, 0.15) is 11.9 Å². The molecule has 2 aliphatic heterocycles. The van der Waals surface area contributed by atoms with Gasteiger partial charge in [0.15, 0.2) is 0 Å². The van der Waals surface area contributed by atoms with Crippen molar-refractivity contribution in [1.29, 1.82) is 0 Å². The second kappa shape index (κ2) is 8.70. The number of carbonyl (C=O) groups is 5. The Hall–Kier alpha value is -3.88. The summed E-state index contributed by atoms with van der Waals surface area (Å²) in [7, 11) is 0. The van der Waals surface area contributed by atoms with Crippen molar-refractivity contribution in [3.05, 3.63) is 70.5 Å². The number of nitrogens with zero attached hydrogens (tertiary/aromatic N) is 1. The van der Waals surface area contributed by atoms with E-state index in [0.29, 0.717) is 18.4 Å². The molecule has 2 aromatic carbocycles. The van der Waals surface area contributed by atoms with Crippen LogP contribution in [0.4, 0.5) is 4.39 Å². The van der Waals surface area contributed by atoms with E-state index in [2.05, 4.69) is 10.6 Å². The molecule has 5 amide bonds. The highest BCUT2D eigenvalue weighted by molar-refractivity contribution is 6.24. The highest BCUT2D eigenvalue weighted by atomic mass is 19.1. The summed E-state index contributed by atoms with van der Waals surface area (Å²) in [6.45, 7) is 0.290. The Morgan fingerprint density at radius 1 is 1.09 bits per heavy atom. The number of fused-ring (bicyclic) bond motifs is 1. The lowest BCUT2D eigenvalue weighted by atomic mass is 9.99. The van der Waals surface area contributed by atoms with Gasteiger partial charge in [-0.1, -0.05) is 18.2 Å². The van der Waals surface area contributed by atoms with Crippen LogP contribution in [-0.2, 0) is 16.0 Å². The van der Waals surface area contributed by atoms with Crippen molar-refractivity contribution in [2.75, 3.05) is 6.54 Å². The van der Waals surface area contributed by atoms with Crippen molar-refractivity contribution in [3.8, 4) is 0 Å². The van der Waals surface area contributed by atoms with Gasteiger partial charge in [-0.05, 0) is 49.1 Å². The monoisotopic (exact) mass is 437 g/mol. The third-order valence-corrected chi connectivity index (χ3v) is 5.55. The molecule has 8 nitrogen and oxygen atoms in total. The molecule has 2 N–H and O–H groups in total. The summed E-state index contributed by atoms with van der Waals surface area (Å²) >= 11 is 0. The number of benzene rings is 2. The van der Waals surface area contributed by atoms with E-state index in [1.54, 1.807) is 12.1 Å². The van der Waals surface area contributed by atoms with Crippen LogP contribution in [0.3, 0.4) is 0 Å². The normalized spacial score (nSPS) is 17.9. The molecule has 1 fully saturated rings. The molecule has 0 aliphatic carbocycles. The number of imide groups is 2. The predicted molar refractivity (Wildman–Crippen MR) is 110 cm³/mol. The molecule has 1 atom stereocenters. The number of halogens is 1. The van der Waals surface area contributed by atoms with Crippen LogP contribution in [0.2, 0.25) is 0 Å². The molecule has 1 unspecified atom stereocenters. The highest BCUT2D eigenvalue weighted by Crippen LogP contribution is 2.30. The minimum absolute atomic E-state index is 0.0572. The first-order valence-electron chi connectivity index (χ1n) is 10.2. The lowest BCUT2D eigenvalue weighted by Gasteiger charge is -2.27. The van der Waals surface area contributed by atoms with Crippen molar-refractivity contribution in [2.45, 2.75) is 31.7 Å². The molecule has 9 heteroatoms. The molecular weight excluding hydrogens is 417 g/mol. The van der Waals surface area contributed by atoms with E-state index < -0.39 is 41.4 Å². The zero-order valence-electron chi connectivity index (χ0n) is 17.0. The Morgan fingerprint density at radius 3 is 2.62 bits per heavy atom. The molecule has 1 saturated heterocycles. The van der Waals surface area contributed by atoms with Crippen LogP contribution in [0.5, 0.6) is 0 Å². The third kappa shape index (κ3) is 4.01. The van der Waals surface area contributed by atoms with Gasteiger partial charge in [-0.15, -0.1) is 0 Å². The molecule has 2 aliphatic rings. The van der Waals surface area contributed by atoms with E-state index in [0.717, 1.165) is 11.0 Å². The Kier molecular flexibility index (Phi) is 5.81. The molecule has 0 radical (unpaired) electrons. The summed E-state index contributed by atoms with van der Waals surface area (Å²) in [5.41, 5.74) is 1.32. The Labute approximate surface area is 182 Å². The van der Waals surface area contributed by atoms with Gasteiger partial charge in [-0.3, -0.25) is 34.2 Å². The summed E-state index contributed by atoms with van der Waals surface area (Å²) in [4.78, 5) is 62.5. The molecule has 4 rings (SSSR count). The van der Waals surface area contributed by atoms with E-state index >= 15 is 0 Å². The number of amides is 5. The quantitative estimate of drug-likeness (QED) is 0.527. The van der Waals surface area contributed by atoms with Crippen LogP contribution in [0.1, 0.15) is 55.9 Å². The first kappa shape index (κ1) is 21.4. The van der Waals surface area contributed by atoms with E-state index in [1.165, 1.54) is 24.3 Å². The van der Waals surface area contributed by atoms with Gasteiger partial charge in [0.2, 0.25) is 11.8 Å². The van der Waals surface area contributed by atoms with Gasteiger partial charge in [0.25, 0.3) is 17.7 Å². The van der Waals surface area contributed by atoms with Crippen LogP contribution in [0.25, 0.3) is 0 Å². The van der Waals surface area contributed by atoms with Gasteiger partial charge in [-0.2, -0.15) is 0 Å². The maximum absolute atomic E-state index is 13.3. The Bertz CT molecular complexity index is 1150. The summed E-state index contributed by atoms with van der Waals surface area (Å²) in [6.07, 6.45) is 1.05. The second-order valence-electron chi connectivity index (χ2n) is 7.66. The fourth-order valence-electron chi connectivity index (χ4n) is 4.01. The number of piperidine rings is 1. The van der Waals surface area contributed by atoms with E-state index in [4.69, 9.17) is 0 Å². The summed E-state index contributed by atoms with van der Waals surface area (Å²) in [5.74, 6) is -3.10. The maximum Gasteiger partial charge on any atom is 0.262 e. The van der Waals surface area contributed by atoms with Crippen molar-refractivity contribution < 1.29 is 28.4 Å². The molecule has 2 heterocycles. The van der Waals surface area contributed by atoms with Gasteiger partial charge in [-0.25, -0.2) is 4.39 Å². The SMILES string of the molecule is O=C1CCC(N2C(=O)c3cccc(CCCNC(=O)c4cccc(F)c4)c3C2=O)C(=O)N1. The second-order valence-corrected chi connectivity index (χ2v) is 7.66. The first-order chi connectivity index (χ1) is 15.4. The average Bonchev–Trinajstić information content (AvgIpc) is 3.02. The summed E-state index contributed by atoms with van der Waals surface area (Å²) in [5, 5.41) is 4.87. The van der Waals surface area contributed by atoms with Crippen LogP contribution >= 0.6 is 0 Å². The zero-order chi connectivity index (χ0) is 22.8. The van der Waals surface area contributed by atoms with Gasteiger partial charge in [0.05, 0.1) is 11.1 Å². The van der Waals surface area contributed by atoms with E-state index in [-0.39, 0.29) is 36.1 Å². The van der Waals surface area contributed by atoms with Gasteiger partial charge >= 0.3 is 0 Å². The van der Waals surface area contributed by atoms with Crippen LogP contribution in [-0.4, -0.2) is 47.0 Å². The first-order valence-corrected chi connectivity index (χ1v) is 10.2. The minimum Gasteiger partial charge on any atom is -0.352 e. The number of hydrogen-bond acceptors (Lipinski definition) is 5. The fourth-order valence-corrected chi connectivity index (χ4v) is 4.01. The van der Waals surface area contributed by atoms with Crippen LogP contribution < -0.4 is 10.6 Å². The Morgan fingerprint density at radius 2 is 1.88 bits per heavy atom. The van der Waals surface area contributed by atoms with Gasteiger partial charge in [0, 0.05) is 18.5 Å². The number of nitrogens with one attached hydrogen (secondary N) is 2. The molecule has 0 spiro atoms. The lowest BCUT2D eigenvalue weighted by Crippen LogP contribution is -2.54.